The Bertz CT molecular complexity index is 985. The molecule has 5 N–H and O–H groups in total. The minimum Gasteiger partial charge on any atom is -0.457 e. The molecule has 2 heterocycles. The SMILES string of the molecule is N#CN1CCCC(N2C=C(N)C(C(N)=O)(c3ccc(Oc4ccccc4)cc3)N2)C1. The van der Waals surface area contributed by atoms with Crippen molar-refractivity contribution in [1.82, 2.24) is 15.3 Å². The first-order valence-electron chi connectivity index (χ1n) is 9.85. The number of para-hydroxylation sites is 1. The molecular formula is C22H24N6O2. The predicted molar refractivity (Wildman–Crippen MR) is 111 cm³/mol. The first kappa shape index (κ1) is 19.6. The van der Waals surface area contributed by atoms with Crippen molar-refractivity contribution in [3.8, 4) is 17.7 Å². The Morgan fingerprint density at radius 2 is 1.87 bits per heavy atom. The molecule has 1 fully saturated rings. The van der Waals surface area contributed by atoms with Crippen molar-refractivity contribution in [3.05, 3.63) is 72.1 Å². The molecule has 8 nitrogen and oxygen atoms in total. The minimum absolute atomic E-state index is 0.0128. The van der Waals surface area contributed by atoms with Crippen molar-refractivity contribution < 1.29 is 9.53 Å². The second kappa shape index (κ2) is 7.97. The monoisotopic (exact) mass is 404 g/mol. The number of hydrogen-bond donors (Lipinski definition) is 3. The number of piperidine rings is 1. The van der Waals surface area contributed by atoms with Gasteiger partial charge < -0.3 is 26.1 Å². The van der Waals surface area contributed by atoms with Gasteiger partial charge in [0.1, 0.15) is 11.5 Å². The number of nitrogens with one attached hydrogen (secondary N) is 1. The van der Waals surface area contributed by atoms with Crippen LogP contribution in [0.3, 0.4) is 0 Å². The summed E-state index contributed by atoms with van der Waals surface area (Å²) in [6, 6.07) is 16.6. The fourth-order valence-corrected chi connectivity index (χ4v) is 3.97. The summed E-state index contributed by atoms with van der Waals surface area (Å²) in [6.07, 6.45) is 5.68. The van der Waals surface area contributed by atoms with Crippen LogP contribution in [0.1, 0.15) is 18.4 Å². The van der Waals surface area contributed by atoms with E-state index in [1.807, 2.05) is 35.3 Å². The number of carbonyl (C=O) groups is 1. The molecule has 0 spiro atoms. The number of amides is 1. The Labute approximate surface area is 175 Å². The molecular weight excluding hydrogens is 380 g/mol. The number of carbonyl (C=O) groups excluding carboxylic acids is 1. The third kappa shape index (κ3) is 3.51. The zero-order valence-electron chi connectivity index (χ0n) is 16.5. The average molecular weight is 404 g/mol. The molecule has 1 amide bonds. The second-order valence-electron chi connectivity index (χ2n) is 7.50. The van der Waals surface area contributed by atoms with Crippen LogP contribution in [0.2, 0.25) is 0 Å². The maximum atomic E-state index is 12.6. The van der Waals surface area contributed by atoms with Crippen molar-refractivity contribution in [3.63, 3.8) is 0 Å². The summed E-state index contributed by atoms with van der Waals surface area (Å²) in [5, 5.41) is 11.0. The summed E-state index contributed by atoms with van der Waals surface area (Å²) >= 11 is 0. The van der Waals surface area contributed by atoms with E-state index in [-0.39, 0.29) is 6.04 Å². The number of hydrazine groups is 1. The summed E-state index contributed by atoms with van der Waals surface area (Å²) in [5.74, 6) is 0.765. The highest BCUT2D eigenvalue weighted by Crippen LogP contribution is 2.35. The van der Waals surface area contributed by atoms with Crippen LogP contribution in [0.5, 0.6) is 11.5 Å². The van der Waals surface area contributed by atoms with Gasteiger partial charge in [-0.2, -0.15) is 5.26 Å². The molecule has 2 unspecified atom stereocenters. The lowest BCUT2D eigenvalue weighted by atomic mass is 9.87. The number of likely N-dealkylation sites (tertiary alicyclic amines) is 1. The van der Waals surface area contributed by atoms with Crippen molar-refractivity contribution in [2.75, 3.05) is 13.1 Å². The van der Waals surface area contributed by atoms with Crippen LogP contribution in [0.25, 0.3) is 0 Å². The van der Waals surface area contributed by atoms with Gasteiger partial charge in [-0.05, 0) is 42.7 Å². The number of hydrogen-bond acceptors (Lipinski definition) is 7. The topological polar surface area (TPSA) is 121 Å². The van der Waals surface area contributed by atoms with Gasteiger partial charge in [-0.25, -0.2) is 5.43 Å². The lowest BCUT2D eigenvalue weighted by Crippen LogP contribution is -2.58. The molecule has 8 heteroatoms. The van der Waals surface area contributed by atoms with Crippen LogP contribution in [0.15, 0.2) is 66.5 Å². The van der Waals surface area contributed by atoms with Gasteiger partial charge in [0.2, 0.25) is 5.91 Å². The number of rotatable bonds is 5. The van der Waals surface area contributed by atoms with E-state index in [1.165, 1.54) is 0 Å². The summed E-state index contributed by atoms with van der Waals surface area (Å²) in [6.45, 7) is 1.30. The van der Waals surface area contributed by atoms with E-state index in [9.17, 15) is 10.1 Å². The van der Waals surface area contributed by atoms with Crippen molar-refractivity contribution >= 4 is 5.91 Å². The molecule has 0 aromatic heterocycles. The number of nitrogens with two attached hydrogens (primary N) is 2. The summed E-state index contributed by atoms with van der Waals surface area (Å²) in [5.41, 5.74) is 15.0. The Kier molecular flexibility index (Phi) is 5.21. The van der Waals surface area contributed by atoms with Crippen LogP contribution in [0, 0.1) is 11.5 Å². The number of benzene rings is 2. The molecule has 2 aromatic rings. The van der Waals surface area contributed by atoms with Crippen molar-refractivity contribution in [2.45, 2.75) is 24.4 Å². The molecule has 1 saturated heterocycles. The van der Waals surface area contributed by atoms with Crippen molar-refractivity contribution in [2.24, 2.45) is 11.5 Å². The van der Waals surface area contributed by atoms with Crippen LogP contribution in [-0.2, 0) is 10.3 Å². The van der Waals surface area contributed by atoms with Gasteiger partial charge >= 0.3 is 0 Å². The zero-order valence-corrected chi connectivity index (χ0v) is 16.5. The first-order valence-corrected chi connectivity index (χ1v) is 9.85. The Morgan fingerprint density at radius 3 is 2.53 bits per heavy atom. The summed E-state index contributed by atoms with van der Waals surface area (Å²) in [7, 11) is 0. The van der Waals surface area contributed by atoms with Gasteiger partial charge in [0.15, 0.2) is 11.7 Å². The number of ether oxygens (including phenoxy) is 1. The van der Waals surface area contributed by atoms with Crippen LogP contribution in [0.4, 0.5) is 0 Å². The maximum absolute atomic E-state index is 12.6. The van der Waals surface area contributed by atoms with Crippen molar-refractivity contribution in [1.29, 1.82) is 5.26 Å². The van der Waals surface area contributed by atoms with E-state index in [0.29, 0.717) is 23.6 Å². The predicted octanol–water partition coefficient (Wildman–Crippen LogP) is 1.73. The highest BCUT2D eigenvalue weighted by atomic mass is 16.5. The van der Waals surface area contributed by atoms with E-state index >= 15 is 0 Å². The van der Waals surface area contributed by atoms with Gasteiger partial charge in [-0.3, -0.25) is 4.79 Å². The van der Waals surface area contributed by atoms with E-state index in [1.54, 1.807) is 35.4 Å². The number of nitrogens with zero attached hydrogens (tertiary/aromatic N) is 3. The molecule has 0 aliphatic carbocycles. The van der Waals surface area contributed by atoms with Crippen LogP contribution < -0.4 is 21.6 Å². The fourth-order valence-electron chi connectivity index (χ4n) is 3.97. The molecule has 2 atom stereocenters. The van der Waals surface area contributed by atoms with E-state index < -0.39 is 11.4 Å². The highest BCUT2D eigenvalue weighted by Gasteiger charge is 2.48. The van der Waals surface area contributed by atoms with Crippen LogP contribution >= 0.6 is 0 Å². The first-order chi connectivity index (χ1) is 14.5. The molecule has 30 heavy (non-hydrogen) atoms. The summed E-state index contributed by atoms with van der Waals surface area (Å²) in [4.78, 5) is 14.3. The van der Waals surface area contributed by atoms with E-state index in [2.05, 4.69) is 11.6 Å². The van der Waals surface area contributed by atoms with Gasteiger partial charge in [0.05, 0.1) is 11.7 Å². The fraction of sp³-hybridized carbons (Fsp3) is 0.273. The van der Waals surface area contributed by atoms with E-state index in [0.717, 1.165) is 25.1 Å². The molecule has 2 aromatic carbocycles. The lowest BCUT2D eigenvalue weighted by molar-refractivity contribution is -0.124. The standard InChI is InChI=1S/C22H24N6O2/c23-15-27-12-4-5-17(13-27)28-14-20(24)22(26-28,21(25)29)16-8-10-19(11-9-16)30-18-6-2-1-3-7-18/h1-3,6-11,14,17,26H,4-5,12-13,24H2,(H2,25,29). The minimum atomic E-state index is -1.35. The Balaban J connectivity index is 1.57. The zero-order chi connectivity index (χ0) is 21.1. The molecule has 4 rings (SSSR count). The van der Waals surface area contributed by atoms with Gasteiger partial charge in [-0.15, -0.1) is 0 Å². The summed E-state index contributed by atoms with van der Waals surface area (Å²) < 4.78 is 5.83. The van der Waals surface area contributed by atoms with Crippen LogP contribution in [-0.4, -0.2) is 34.9 Å². The Hall–Kier alpha value is -3.70. The normalized spacial score (nSPS) is 23.6. The van der Waals surface area contributed by atoms with E-state index in [4.69, 9.17) is 16.2 Å². The molecule has 0 bridgehead atoms. The quantitative estimate of drug-likeness (QED) is 0.649. The second-order valence-corrected chi connectivity index (χ2v) is 7.50. The molecule has 0 saturated carbocycles. The third-order valence-corrected chi connectivity index (χ3v) is 5.58. The molecule has 2 aliphatic heterocycles. The van der Waals surface area contributed by atoms with Gasteiger partial charge in [-0.1, -0.05) is 30.3 Å². The smallest absolute Gasteiger partial charge is 0.250 e. The van der Waals surface area contributed by atoms with Gasteiger partial charge in [0, 0.05) is 19.3 Å². The molecule has 154 valence electrons. The van der Waals surface area contributed by atoms with Gasteiger partial charge in [0.25, 0.3) is 0 Å². The Morgan fingerprint density at radius 1 is 1.17 bits per heavy atom. The largest absolute Gasteiger partial charge is 0.457 e. The highest BCUT2D eigenvalue weighted by molar-refractivity contribution is 5.90. The number of nitriles is 1. The lowest BCUT2D eigenvalue weighted by Gasteiger charge is -2.37. The number of primary amides is 1. The maximum Gasteiger partial charge on any atom is 0.250 e. The molecule has 0 radical (unpaired) electrons. The average Bonchev–Trinajstić information content (AvgIpc) is 3.13. The third-order valence-electron chi connectivity index (χ3n) is 5.58. The molecule has 2 aliphatic rings.